The summed E-state index contributed by atoms with van der Waals surface area (Å²) in [5.41, 5.74) is 1.59. The summed E-state index contributed by atoms with van der Waals surface area (Å²) in [6.45, 7) is 7.42. The zero-order valence-corrected chi connectivity index (χ0v) is 18.0. The van der Waals surface area contributed by atoms with Gasteiger partial charge in [-0.25, -0.2) is 9.59 Å². The van der Waals surface area contributed by atoms with Gasteiger partial charge in [0.2, 0.25) is 12.2 Å². The first-order valence-corrected chi connectivity index (χ1v) is 9.40. The average molecular weight is 444 g/mol. The molecule has 31 heavy (non-hydrogen) atoms. The van der Waals surface area contributed by atoms with Gasteiger partial charge < -0.3 is 35.0 Å². The summed E-state index contributed by atoms with van der Waals surface area (Å²) >= 11 is 0. The van der Waals surface area contributed by atoms with Gasteiger partial charge in [0.05, 0.1) is 63.2 Å². The van der Waals surface area contributed by atoms with E-state index in [0.717, 1.165) is 19.8 Å². The van der Waals surface area contributed by atoms with Gasteiger partial charge in [0.25, 0.3) is 0 Å². The van der Waals surface area contributed by atoms with Crippen molar-refractivity contribution in [3.63, 3.8) is 0 Å². The largest absolute Gasteiger partial charge is 0.394 e. The lowest BCUT2D eigenvalue weighted by Crippen LogP contribution is -2.15. The molecule has 5 N–H and O–H groups in total. The Bertz CT molecular complexity index is 624. The van der Waals surface area contributed by atoms with Crippen LogP contribution in [0.15, 0.2) is 28.2 Å². The fraction of sp³-hybridized carbons (Fsp3) is 0.600. The monoisotopic (exact) mass is 444 g/mol. The van der Waals surface area contributed by atoms with Crippen LogP contribution in [0.25, 0.3) is 0 Å². The second-order valence-electron chi connectivity index (χ2n) is 6.13. The van der Waals surface area contributed by atoms with E-state index in [4.69, 9.17) is 30.3 Å². The van der Waals surface area contributed by atoms with E-state index in [0.29, 0.717) is 23.0 Å². The number of aliphatic imine (C=N–C) groups is 2. The van der Waals surface area contributed by atoms with E-state index in [1.165, 1.54) is 19.1 Å². The third-order valence-corrected chi connectivity index (χ3v) is 3.00. The molecular formula is C20H32N2O9. The van der Waals surface area contributed by atoms with Crippen LogP contribution < -0.4 is 0 Å². The van der Waals surface area contributed by atoms with Crippen molar-refractivity contribution in [3.05, 3.63) is 23.8 Å². The Kier molecular flexibility index (Phi) is 20.9. The number of rotatable bonds is 5. The number of aliphatic hydroxyl groups excluding tert-OH is 5. The van der Waals surface area contributed by atoms with Gasteiger partial charge in [-0.2, -0.15) is 9.98 Å². The maximum Gasteiger partial charge on any atom is 0.240 e. The van der Waals surface area contributed by atoms with Crippen LogP contribution in [0.3, 0.4) is 0 Å². The second kappa shape index (κ2) is 21.0. The fourth-order valence-electron chi connectivity index (χ4n) is 1.11. The predicted octanol–water partition coefficient (Wildman–Crippen LogP) is 0.0427. The van der Waals surface area contributed by atoms with E-state index < -0.39 is 12.2 Å². The Morgan fingerprint density at radius 3 is 1.55 bits per heavy atom. The molecule has 0 aliphatic carbocycles. The van der Waals surface area contributed by atoms with Crippen LogP contribution >= 0.6 is 0 Å². The summed E-state index contributed by atoms with van der Waals surface area (Å²) < 4.78 is 9.21. The van der Waals surface area contributed by atoms with Crippen LogP contribution in [-0.2, 0) is 19.1 Å². The quantitative estimate of drug-likeness (QED) is 0.237. The Hall–Kier alpha value is -2.30. The van der Waals surface area contributed by atoms with Crippen LogP contribution in [0.4, 0.5) is 11.4 Å². The van der Waals surface area contributed by atoms with Crippen LogP contribution in [0.5, 0.6) is 0 Å². The molecule has 0 saturated carbocycles. The molecule has 11 heteroatoms. The molecule has 11 nitrogen and oxygen atoms in total. The van der Waals surface area contributed by atoms with Gasteiger partial charge in [-0.1, -0.05) is 6.07 Å². The summed E-state index contributed by atoms with van der Waals surface area (Å²) in [6, 6.07) is 4.94. The molecule has 0 aromatic heterocycles. The van der Waals surface area contributed by atoms with Crippen molar-refractivity contribution in [3.8, 4) is 0 Å². The van der Waals surface area contributed by atoms with Gasteiger partial charge in [0.15, 0.2) is 0 Å². The molecule has 2 heterocycles. The third kappa shape index (κ3) is 23.8. The number of epoxide rings is 2. The minimum absolute atomic E-state index is 0.139. The topological polar surface area (TPSA) is 185 Å². The van der Waals surface area contributed by atoms with Gasteiger partial charge in [-0.3, -0.25) is 0 Å². The highest BCUT2D eigenvalue weighted by Crippen LogP contribution is 2.26. The van der Waals surface area contributed by atoms with E-state index in [9.17, 15) is 9.59 Å². The Labute approximate surface area is 181 Å². The molecule has 2 unspecified atom stereocenters. The van der Waals surface area contributed by atoms with Crippen molar-refractivity contribution in [2.75, 3.05) is 39.6 Å². The van der Waals surface area contributed by atoms with E-state index in [1.54, 1.807) is 25.1 Å². The molecule has 0 radical (unpaired) electrons. The van der Waals surface area contributed by atoms with Crippen LogP contribution in [-0.4, -0.2) is 95.6 Å². The van der Waals surface area contributed by atoms with Crippen LogP contribution in [0.1, 0.15) is 19.4 Å². The van der Waals surface area contributed by atoms with Crippen molar-refractivity contribution < 1.29 is 44.6 Å². The molecule has 0 bridgehead atoms. The molecule has 2 saturated heterocycles. The number of isocyanates is 2. The van der Waals surface area contributed by atoms with Crippen LogP contribution in [0, 0.1) is 6.92 Å². The van der Waals surface area contributed by atoms with Crippen molar-refractivity contribution in [1.82, 2.24) is 0 Å². The van der Waals surface area contributed by atoms with E-state index in [1.807, 2.05) is 0 Å². The SMILES string of the molecule is C1CO1.CC(O)CO.CC1CO1.Cc1c(N=C=O)cccc1N=C=O.OCC(O)CO. The number of hydrogen-bond acceptors (Lipinski definition) is 11. The summed E-state index contributed by atoms with van der Waals surface area (Å²) in [6.07, 6.45) is 1.93. The fourth-order valence-corrected chi connectivity index (χ4v) is 1.11. The van der Waals surface area contributed by atoms with Crippen molar-refractivity contribution in [1.29, 1.82) is 0 Å². The van der Waals surface area contributed by atoms with E-state index >= 15 is 0 Å². The minimum atomic E-state index is -0.954. The first-order chi connectivity index (χ1) is 14.8. The molecule has 176 valence electrons. The third-order valence-electron chi connectivity index (χ3n) is 3.00. The Morgan fingerprint density at radius 2 is 1.39 bits per heavy atom. The summed E-state index contributed by atoms with van der Waals surface area (Å²) in [7, 11) is 0. The zero-order valence-electron chi connectivity index (χ0n) is 18.0. The maximum atomic E-state index is 10.00. The summed E-state index contributed by atoms with van der Waals surface area (Å²) in [5.74, 6) is 0. The lowest BCUT2D eigenvalue weighted by molar-refractivity contribution is 0.0450. The summed E-state index contributed by atoms with van der Waals surface area (Å²) in [5, 5.41) is 40.0. The standard InChI is InChI=1S/C9H6N2O2.C3H8O3.C3H8O2.C3H6O.C2H4O/c1-7-8(10-5-12)3-2-4-9(7)11-6-13;4-1-3(6)2-5;1-3(5)2-4;1-3-2-4-3;1-2-3-1/h2-4H,1H3;3-6H,1-2H2;3-5H,2H2,1H3;3H,2H2,1H3;1-2H2. The number of nitrogens with zero attached hydrogens (tertiary/aromatic N) is 2. The van der Waals surface area contributed by atoms with E-state index in [-0.39, 0.29) is 19.8 Å². The molecule has 2 aliphatic heterocycles. The molecule has 2 fully saturated rings. The summed E-state index contributed by atoms with van der Waals surface area (Å²) in [4.78, 5) is 26.9. The molecule has 3 rings (SSSR count). The number of carbonyl (C=O) groups excluding carboxylic acids is 2. The molecule has 0 amide bonds. The van der Waals surface area contributed by atoms with Gasteiger partial charge in [0, 0.05) is 5.56 Å². The Balaban J connectivity index is 0. The molecule has 0 spiro atoms. The maximum absolute atomic E-state index is 10.00. The predicted molar refractivity (Wildman–Crippen MR) is 112 cm³/mol. The highest BCUT2D eigenvalue weighted by molar-refractivity contribution is 5.64. The number of ether oxygens (including phenoxy) is 2. The van der Waals surface area contributed by atoms with Crippen molar-refractivity contribution >= 4 is 23.5 Å². The van der Waals surface area contributed by atoms with Gasteiger partial charge in [0.1, 0.15) is 6.10 Å². The molecular weight excluding hydrogens is 412 g/mol. The number of hydrogen-bond donors (Lipinski definition) is 5. The number of aliphatic hydroxyl groups is 5. The molecule has 1 aromatic rings. The molecule has 2 atom stereocenters. The average Bonchev–Trinajstić information content (AvgIpc) is 3.67. The van der Waals surface area contributed by atoms with Crippen molar-refractivity contribution in [2.45, 2.75) is 39.1 Å². The molecule has 2 aliphatic rings. The van der Waals surface area contributed by atoms with E-state index in [2.05, 4.69) is 21.6 Å². The van der Waals surface area contributed by atoms with Gasteiger partial charge in [-0.05, 0) is 32.9 Å². The normalized spacial score (nSPS) is 15.3. The second-order valence-corrected chi connectivity index (χ2v) is 6.13. The minimum Gasteiger partial charge on any atom is -0.394 e. The Morgan fingerprint density at radius 1 is 1.03 bits per heavy atom. The first-order valence-electron chi connectivity index (χ1n) is 9.40. The zero-order chi connectivity index (χ0) is 24.1. The van der Waals surface area contributed by atoms with Crippen molar-refractivity contribution in [2.24, 2.45) is 9.98 Å². The van der Waals surface area contributed by atoms with Crippen LogP contribution in [0.2, 0.25) is 0 Å². The lowest BCUT2D eigenvalue weighted by atomic mass is 10.1. The van der Waals surface area contributed by atoms with Gasteiger partial charge >= 0.3 is 0 Å². The molecule has 1 aromatic carbocycles. The highest BCUT2D eigenvalue weighted by Gasteiger charge is 2.13. The van der Waals surface area contributed by atoms with Gasteiger partial charge in [-0.15, -0.1) is 0 Å². The first kappa shape index (κ1) is 30.9. The smallest absolute Gasteiger partial charge is 0.240 e. The lowest BCUT2D eigenvalue weighted by Gasteiger charge is -1.99. The number of benzene rings is 1. The highest BCUT2D eigenvalue weighted by atomic mass is 16.6.